The molecule has 0 bridgehead atoms. The molecule has 0 fully saturated rings. The second-order valence-electron chi connectivity index (χ2n) is 4.42. The van der Waals surface area contributed by atoms with E-state index in [9.17, 15) is 0 Å². The highest BCUT2D eigenvalue weighted by Gasteiger charge is 2.11. The summed E-state index contributed by atoms with van der Waals surface area (Å²) in [6.45, 7) is 0. The van der Waals surface area contributed by atoms with Crippen LogP contribution in [0.25, 0.3) is 22.7 Å². The molecule has 1 aliphatic carbocycles. The minimum atomic E-state index is 0.762. The lowest BCUT2D eigenvalue weighted by Crippen LogP contribution is -1.93. The predicted octanol–water partition coefficient (Wildman–Crippen LogP) is 3.33. The summed E-state index contributed by atoms with van der Waals surface area (Å²) in [5.41, 5.74) is 3.92. The number of imidazole rings is 1. The van der Waals surface area contributed by atoms with Crippen molar-refractivity contribution in [3.8, 4) is 11.5 Å². The van der Waals surface area contributed by atoms with E-state index in [1.165, 1.54) is 5.57 Å². The number of aromatic nitrogens is 3. The standard InChI is InChI=1S/C15H11N3O/c1-2-5-11(4-1)13-8-17-15-9-16-12(10-18(13)15)14-6-3-7-19-14/h1,3-10H,2H2. The first-order valence-corrected chi connectivity index (χ1v) is 6.16. The smallest absolute Gasteiger partial charge is 0.155 e. The third-order valence-corrected chi connectivity index (χ3v) is 3.24. The molecule has 0 spiro atoms. The minimum Gasteiger partial charge on any atom is -0.463 e. The number of fused-ring (bicyclic) bond motifs is 1. The van der Waals surface area contributed by atoms with Crippen LogP contribution in [0.1, 0.15) is 12.1 Å². The summed E-state index contributed by atoms with van der Waals surface area (Å²) in [4.78, 5) is 8.76. The van der Waals surface area contributed by atoms with Gasteiger partial charge in [-0.3, -0.25) is 4.40 Å². The van der Waals surface area contributed by atoms with Crippen molar-refractivity contribution in [2.75, 3.05) is 0 Å². The average molecular weight is 249 g/mol. The Labute approximate surface area is 109 Å². The molecule has 0 saturated carbocycles. The fraction of sp³-hybridized carbons (Fsp3) is 0.0667. The summed E-state index contributed by atoms with van der Waals surface area (Å²) in [6.07, 6.45) is 14.7. The number of hydrogen-bond acceptors (Lipinski definition) is 3. The summed E-state index contributed by atoms with van der Waals surface area (Å²) in [5, 5.41) is 0. The van der Waals surface area contributed by atoms with Gasteiger partial charge in [0.2, 0.25) is 0 Å². The predicted molar refractivity (Wildman–Crippen MR) is 72.4 cm³/mol. The average Bonchev–Trinajstić information content (AvgIpc) is 3.18. The van der Waals surface area contributed by atoms with Crippen LogP contribution in [0.3, 0.4) is 0 Å². The van der Waals surface area contributed by atoms with Crippen LogP contribution in [0.15, 0.2) is 59.6 Å². The van der Waals surface area contributed by atoms with Crippen LogP contribution in [0.2, 0.25) is 0 Å². The monoisotopic (exact) mass is 249 g/mol. The largest absolute Gasteiger partial charge is 0.463 e. The van der Waals surface area contributed by atoms with Crippen molar-refractivity contribution >= 4 is 11.2 Å². The molecule has 4 nitrogen and oxygen atoms in total. The lowest BCUT2D eigenvalue weighted by atomic mass is 10.2. The molecule has 0 unspecified atom stereocenters. The third-order valence-electron chi connectivity index (χ3n) is 3.24. The maximum absolute atomic E-state index is 5.39. The van der Waals surface area contributed by atoms with Gasteiger partial charge < -0.3 is 4.42 Å². The molecule has 4 heteroatoms. The Bertz CT molecular complexity index is 794. The number of nitrogens with zero attached hydrogens (tertiary/aromatic N) is 3. The Morgan fingerprint density at radius 3 is 3.00 bits per heavy atom. The van der Waals surface area contributed by atoms with Gasteiger partial charge in [-0.1, -0.05) is 18.2 Å². The Kier molecular flexibility index (Phi) is 2.14. The second kappa shape index (κ2) is 3.95. The first-order chi connectivity index (χ1) is 9.42. The van der Waals surface area contributed by atoms with Gasteiger partial charge in [-0.25, -0.2) is 9.97 Å². The molecule has 3 aromatic heterocycles. The fourth-order valence-electron chi connectivity index (χ4n) is 2.30. The summed E-state index contributed by atoms with van der Waals surface area (Å²) in [5.74, 6) is 0.762. The molecule has 3 aromatic rings. The van der Waals surface area contributed by atoms with Crippen molar-refractivity contribution in [3.63, 3.8) is 0 Å². The molecule has 0 aliphatic heterocycles. The van der Waals surface area contributed by atoms with Crippen LogP contribution in [0.5, 0.6) is 0 Å². The summed E-state index contributed by atoms with van der Waals surface area (Å²) >= 11 is 0. The molecule has 0 radical (unpaired) electrons. The van der Waals surface area contributed by atoms with Crippen LogP contribution in [-0.2, 0) is 0 Å². The number of hydrogen-bond donors (Lipinski definition) is 0. The summed E-state index contributed by atoms with van der Waals surface area (Å²) in [7, 11) is 0. The first-order valence-electron chi connectivity index (χ1n) is 6.16. The van der Waals surface area contributed by atoms with Crippen LogP contribution in [0.4, 0.5) is 0 Å². The van der Waals surface area contributed by atoms with E-state index in [0.717, 1.165) is 29.2 Å². The van der Waals surface area contributed by atoms with E-state index in [1.807, 2.05) is 28.9 Å². The molecule has 19 heavy (non-hydrogen) atoms. The van der Waals surface area contributed by atoms with Crippen LogP contribution < -0.4 is 0 Å². The quantitative estimate of drug-likeness (QED) is 0.699. The molecule has 0 amide bonds. The highest BCUT2D eigenvalue weighted by atomic mass is 16.3. The lowest BCUT2D eigenvalue weighted by molar-refractivity contribution is 0.579. The molecule has 4 rings (SSSR count). The van der Waals surface area contributed by atoms with Crippen molar-refractivity contribution in [2.45, 2.75) is 6.42 Å². The number of rotatable bonds is 2. The molecular formula is C15H11N3O. The first kappa shape index (κ1) is 10.3. The third kappa shape index (κ3) is 1.61. The normalized spacial score (nSPS) is 14.2. The topological polar surface area (TPSA) is 43.3 Å². The Morgan fingerprint density at radius 1 is 1.21 bits per heavy atom. The van der Waals surface area contributed by atoms with Crippen LogP contribution in [-0.4, -0.2) is 14.4 Å². The fourth-order valence-corrected chi connectivity index (χ4v) is 2.30. The highest BCUT2D eigenvalue weighted by molar-refractivity contribution is 5.75. The zero-order valence-corrected chi connectivity index (χ0v) is 10.2. The second-order valence-corrected chi connectivity index (χ2v) is 4.42. The van der Waals surface area contributed by atoms with E-state index in [-0.39, 0.29) is 0 Å². The Morgan fingerprint density at radius 2 is 2.21 bits per heavy atom. The highest BCUT2D eigenvalue weighted by Crippen LogP contribution is 2.24. The molecule has 92 valence electrons. The van der Waals surface area contributed by atoms with Crippen molar-refractivity contribution in [1.82, 2.24) is 14.4 Å². The van der Waals surface area contributed by atoms with Gasteiger partial charge in [0.1, 0.15) is 5.69 Å². The summed E-state index contributed by atoms with van der Waals surface area (Å²) in [6, 6.07) is 3.76. The Hall–Kier alpha value is -2.62. The number of allylic oxidation sites excluding steroid dienone is 4. The van der Waals surface area contributed by atoms with Gasteiger partial charge in [0.05, 0.1) is 24.4 Å². The van der Waals surface area contributed by atoms with Gasteiger partial charge in [0.15, 0.2) is 11.4 Å². The minimum absolute atomic E-state index is 0.762. The maximum Gasteiger partial charge on any atom is 0.155 e. The van der Waals surface area contributed by atoms with Crippen LogP contribution >= 0.6 is 0 Å². The molecule has 0 saturated heterocycles. The van der Waals surface area contributed by atoms with Crippen LogP contribution in [0, 0.1) is 0 Å². The van der Waals surface area contributed by atoms with E-state index in [4.69, 9.17) is 4.42 Å². The molecule has 0 aromatic carbocycles. The van der Waals surface area contributed by atoms with Gasteiger partial charge >= 0.3 is 0 Å². The SMILES string of the molecule is C1=CC(c2cnc3cnc(-c4ccco4)cn23)=CC1. The van der Waals surface area contributed by atoms with Gasteiger partial charge in [-0.2, -0.15) is 0 Å². The van der Waals surface area contributed by atoms with Crippen molar-refractivity contribution < 1.29 is 4.42 Å². The molecule has 3 heterocycles. The summed E-state index contributed by atoms with van der Waals surface area (Å²) < 4.78 is 7.43. The zero-order valence-electron chi connectivity index (χ0n) is 10.2. The van der Waals surface area contributed by atoms with E-state index in [1.54, 1.807) is 12.5 Å². The Balaban J connectivity index is 1.92. The molecular weight excluding hydrogens is 238 g/mol. The van der Waals surface area contributed by atoms with Crippen molar-refractivity contribution in [3.05, 3.63) is 60.9 Å². The zero-order chi connectivity index (χ0) is 12.7. The molecule has 0 atom stereocenters. The molecule has 1 aliphatic rings. The van der Waals surface area contributed by atoms with Gasteiger partial charge in [0.25, 0.3) is 0 Å². The van der Waals surface area contributed by atoms with E-state index >= 15 is 0 Å². The lowest BCUT2D eigenvalue weighted by Gasteiger charge is -2.02. The van der Waals surface area contributed by atoms with E-state index < -0.39 is 0 Å². The molecule has 0 N–H and O–H groups in total. The van der Waals surface area contributed by atoms with E-state index in [2.05, 4.69) is 28.2 Å². The maximum atomic E-state index is 5.39. The van der Waals surface area contributed by atoms with Crippen molar-refractivity contribution in [1.29, 1.82) is 0 Å². The van der Waals surface area contributed by atoms with E-state index in [0.29, 0.717) is 0 Å². The van der Waals surface area contributed by atoms with Crippen molar-refractivity contribution in [2.24, 2.45) is 0 Å². The van der Waals surface area contributed by atoms with Gasteiger partial charge in [0, 0.05) is 6.20 Å². The number of furan rings is 1. The van der Waals surface area contributed by atoms with Gasteiger partial charge in [-0.15, -0.1) is 0 Å². The van der Waals surface area contributed by atoms with Gasteiger partial charge in [-0.05, 0) is 24.1 Å².